The van der Waals surface area contributed by atoms with Gasteiger partial charge in [-0.05, 0) is 19.1 Å². The van der Waals surface area contributed by atoms with E-state index < -0.39 is 5.91 Å². The molecule has 0 radical (unpaired) electrons. The van der Waals surface area contributed by atoms with Crippen LogP contribution in [0.3, 0.4) is 0 Å². The lowest BCUT2D eigenvalue weighted by Gasteiger charge is -2.07. The Morgan fingerprint density at radius 2 is 2.21 bits per heavy atom. The number of rotatable bonds is 6. The molecule has 0 atom stereocenters. The Bertz CT molecular complexity index is 570. The Morgan fingerprint density at radius 3 is 2.95 bits per heavy atom. The van der Waals surface area contributed by atoms with E-state index in [0.29, 0.717) is 11.3 Å². The monoisotopic (exact) mass is 278 g/mol. The maximum absolute atomic E-state index is 11.2. The van der Waals surface area contributed by atoms with Crippen LogP contribution >= 0.6 is 11.3 Å². The first-order chi connectivity index (χ1) is 9.20. The summed E-state index contributed by atoms with van der Waals surface area (Å²) in [4.78, 5) is 11.2. The van der Waals surface area contributed by atoms with E-state index in [1.54, 1.807) is 24.3 Å². The first-order valence-electron chi connectivity index (χ1n) is 5.78. The minimum absolute atomic E-state index is 0.257. The van der Waals surface area contributed by atoms with Crippen LogP contribution in [0.5, 0.6) is 5.75 Å². The Kier molecular flexibility index (Phi) is 4.30. The fourth-order valence-electron chi connectivity index (χ4n) is 1.47. The van der Waals surface area contributed by atoms with Crippen molar-refractivity contribution in [2.75, 3.05) is 11.9 Å². The number of para-hydroxylation sites is 1. The molecule has 0 spiro atoms. The molecule has 0 saturated heterocycles. The number of amides is 1. The van der Waals surface area contributed by atoms with Crippen molar-refractivity contribution in [2.24, 2.45) is 5.73 Å². The lowest BCUT2D eigenvalue weighted by molar-refractivity contribution is 0.0996. The van der Waals surface area contributed by atoms with Gasteiger partial charge in [-0.25, -0.2) is 0 Å². The molecule has 2 rings (SSSR count). The fourth-order valence-corrected chi connectivity index (χ4v) is 2.19. The topological polar surface area (TPSA) is 90.1 Å². The van der Waals surface area contributed by atoms with Crippen LogP contribution in [0.25, 0.3) is 0 Å². The van der Waals surface area contributed by atoms with Crippen molar-refractivity contribution in [1.29, 1.82) is 0 Å². The predicted molar refractivity (Wildman–Crippen MR) is 73.4 cm³/mol. The van der Waals surface area contributed by atoms with Gasteiger partial charge >= 0.3 is 0 Å². The van der Waals surface area contributed by atoms with Crippen molar-refractivity contribution in [3.05, 3.63) is 34.8 Å². The lowest BCUT2D eigenvalue weighted by Crippen LogP contribution is -2.12. The van der Waals surface area contributed by atoms with Gasteiger partial charge in [0.05, 0.1) is 5.56 Å². The smallest absolute Gasteiger partial charge is 0.252 e. The number of nitrogens with one attached hydrogen (secondary N) is 1. The summed E-state index contributed by atoms with van der Waals surface area (Å²) < 4.78 is 5.56. The molecule has 0 aliphatic heterocycles. The molecule has 1 heterocycles. The molecule has 0 aliphatic carbocycles. The summed E-state index contributed by atoms with van der Waals surface area (Å²) in [6.45, 7) is 3.04. The highest BCUT2D eigenvalue weighted by molar-refractivity contribution is 7.15. The second-order valence-corrected chi connectivity index (χ2v) is 4.74. The number of nitrogens with zero attached hydrogens (tertiary/aromatic N) is 2. The standard InChI is InChI=1S/C12H14N4O2S/c1-2-14-12-16-15-10(19-12)7-18-9-6-4-3-5-8(9)11(13)17/h3-6H,2,7H2,1H3,(H2,13,17)(H,14,16). The van der Waals surface area contributed by atoms with Crippen LogP contribution in [-0.4, -0.2) is 22.6 Å². The fraction of sp³-hybridized carbons (Fsp3) is 0.250. The number of benzene rings is 1. The quantitative estimate of drug-likeness (QED) is 0.838. The predicted octanol–water partition coefficient (Wildman–Crippen LogP) is 1.65. The van der Waals surface area contributed by atoms with Gasteiger partial charge in [0.25, 0.3) is 5.91 Å². The van der Waals surface area contributed by atoms with Gasteiger partial charge in [-0.1, -0.05) is 23.5 Å². The second kappa shape index (κ2) is 6.14. The van der Waals surface area contributed by atoms with Gasteiger partial charge in [0.2, 0.25) is 5.13 Å². The number of carbonyl (C=O) groups excluding carboxylic acids is 1. The van der Waals surface area contributed by atoms with E-state index in [1.807, 2.05) is 6.92 Å². The zero-order valence-electron chi connectivity index (χ0n) is 10.4. The van der Waals surface area contributed by atoms with E-state index in [-0.39, 0.29) is 6.61 Å². The van der Waals surface area contributed by atoms with Gasteiger partial charge in [-0.3, -0.25) is 4.79 Å². The van der Waals surface area contributed by atoms with Crippen molar-refractivity contribution in [1.82, 2.24) is 10.2 Å². The zero-order chi connectivity index (χ0) is 13.7. The summed E-state index contributed by atoms with van der Waals surface area (Å²) in [5.41, 5.74) is 5.63. The van der Waals surface area contributed by atoms with E-state index in [2.05, 4.69) is 15.5 Å². The van der Waals surface area contributed by atoms with Crippen LogP contribution in [0.4, 0.5) is 5.13 Å². The molecule has 0 unspecified atom stereocenters. The van der Waals surface area contributed by atoms with Gasteiger partial charge in [0.1, 0.15) is 12.4 Å². The number of anilines is 1. The number of ether oxygens (including phenoxy) is 1. The largest absolute Gasteiger partial charge is 0.486 e. The lowest BCUT2D eigenvalue weighted by atomic mass is 10.2. The van der Waals surface area contributed by atoms with E-state index in [0.717, 1.165) is 16.7 Å². The third kappa shape index (κ3) is 3.41. The molecule has 100 valence electrons. The van der Waals surface area contributed by atoms with E-state index in [1.165, 1.54) is 11.3 Å². The molecule has 7 heteroatoms. The maximum atomic E-state index is 11.2. The average molecular weight is 278 g/mol. The molecule has 0 fully saturated rings. The first-order valence-corrected chi connectivity index (χ1v) is 6.60. The Morgan fingerprint density at radius 1 is 1.42 bits per heavy atom. The average Bonchev–Trinajstić information content (AvgIpc) is 2.85. The third-order valence-electron chi connectivity index (χ3n) is 2.30. The summed E-state index contributed by atoms with van der Waals surface area (Å²) >= 11 is 1.42. The summed E-state index contributed by atoms with van der Waals surface area (Å²) in [6.07, 6.45) is 0. The van der Waals surface area contributed by atoms with E-state index >= 15 is 0 Å². The summed E-state index contributed by atoms with van der Waals surface area (Å²) in [7, 11) is 0. The molecule has 0 saturated carbocycles. The summed E-state index contributed by atoms with van der Waals surface area (Å²) in [5, 5.41) is 12.5. The summed E-state index contributed by atoms with van der Waals surface area (Å²) in [6, 6.07) is 6.85. The van der Waals surface area contributed by atoms with Crippen molar-refractivity contribution >= 4 is 22.4 Å². The Labute approximate surface area is 114 Å². The number of primary amides is 1. The van der Waals surface area contributed by atoms with Crippen molar-refractivity contribution in [3.63, 3.8) is 0 Å². The van der Waals surface area contributed by atoms with Crippen molar-refractivity contribution < 1.29 is 9.53 Å². The third-order valence-corrected chi connectivity index (χ3v) is 3.15. The summed E-state index contributed by atoms with van der Waals surface area (Å²) in [5.74, 6) is -0.0589. The van der Waals surface area contributed by atoms with Gasteiger partial charge < -0.3 is 15.8 Å². The second-order valence-electron chi connectivity index (χ2n) is 3.68. The SMILES string of the molecule is CCNc1nnc(COc2ccccc2C(N)=O)s1. The minimum atomic E-state index is -0.513. The first kappa shape index (κ1) is 13.3. The van der Waals surface area contributed by atoms with Crippen LogP contribution in [0.2, 0.25) is 0 Å². The highest BCUT2D eigenvalue weighted by atomic mass is 32.1. The van der Waals surface area contributed by atoms with Crippen LogP contribution in [0.1, 0.15) is 22.3 Å². The molecular weight excluding hydrogens is 264 g/mol. The normalized spacial score (nSPS) is 10.2. The highest BCUT2D eigenvalue weighted by Crippen LogP contribution is 2.21. The number of hydrogen-bond acceptors (Lipinski definition) is 6. The number of hydrogen-bond donors (Lipinski definition) is 2. The molecule has 1 aromatic heterocycles. The van der Waals surface area contributed by atoms with Crippen LogP contribution in [-0.2, 0) is 6.61 Å². The molecule has 1 aromatic carbocycles. The number of aromatic nitrogens is 2. The molecule has 6 nitrogen and oxygen atoms in total. The van der Waals surface area contributed by atoms with Crippen LogP contribution < -0.4 is 15.8 Å². The zero-order valence-corrected chi connectivity index (χ0v) is 11.2. The maximum Gasteiger partial charge on any atom is 0.252 e. The molecule has 19 heavy (non-hydrogen) atoms. The Hall–Kier alpha value is -2.15. The molecule has 1 amide bonds. The van der Waals surface area contributed by atoms with Gasteiger partial charge in [-0.15, -0.1) is 10.2 Å². The highest BCUT2D eigenvalue weighted by Gasteiger charge is 2.10. The Balaban J connectivity index is 2.03. The number of carbonyl (C=O) groups is 1. The van der Waals surface area contributed by atoms with Gasteiger partial charge in [-0.2, -0.15) is 0 Å². The van der Waals surface area contributed by atoms with E-state index in [4.69, 9.17) is 10.5 Å². The van der Waals surface area contributed by atoms with Gasteiger partial charge in [0, 0.05) is 6.54 Å². The van der Waals surface area contributed by atoms with Crippen LogP contribution in [0, 0.1) is 0 Å². The molecule has 3 N–H and O–H groups in total. The van der Waals surface area contributed by atoms with E-state index in [9.17, 15) is 4.79 Å². The van der Waals surface area contributed by atoms with Crippen molar-refractivity contribution in [3.8, 4) is 5.75 Å². The molecular formula is C12H14N4O2S. The molecule has 0 aliphatic rings. The molecule has 2 aromatic rings. The van der Waals surface area contributed by atoms with Gasteiger partial charge in [0.15, 0.2) is 5.01 Å². The molecule has 0 bridgehead atoms. The van der Waals surface area contributed by atoms with Crippen molar-refractivity contribution in [2.45, 2.75) is 13.5 Å². The minimum Gasteiger partial charge on any atom is -0.486 e. The van der Waals surface area contributed by atoms with Crippen LogP contribution in [0.15, 0.2) is 24.3 Å². The number of nitrogens with two attached hydrogens (primary N) is 1.